The zero-order valence-electron chi connectivity index (χ0n) is 9.88. The number of nitrogens with one attached hydrogen (secondary N) is 2. The summed E-state index contributed by atoms with van der Waals surface area (Å²) >= 11 is 10.6. The van der Waals surface area contributed by atoms with Crippen LogP contribution in [-0.2, 0) is 14.4 Å². The van der Waals surface area contributed by atoms with Crippen molar-refractivity contribution in [2.24, 2.45) is 11.7 Å². The third-order valence-electron chi connectivity index (χ3n) is 2.28. The van der Waals surface area contributed by atoms with Crippen LogP contribution in [0, 0.1) is 5.92 Å². The molecule has 0 saturated heterocycles. The monoisotopic (exact) mass is 297 g/mol. The second-order valence-corrected chi connectivity index (χ2v) is 4.18. The van der Waals surface area contributed by atoms with Crippen LogP contribution in [0.25, 0.3) is 0 Å². The first-order valence-corrected chi connectivity index (χ1v) is 6.52. The lowest BCUT2D eigenvalue weighted by molar-refractivity contribution is -0.123. The van der Waals surface area contributed by atoms with Crippen LogP contribution in [0.4, 0.5) is 0 Å². The number of alkyl halides is 2. The lowest BCUT2D eigenvalue weighted by atomic mass is 10.0. The topological polar surface area (TPSA) is 101 Å². The molecule has 0 aromatic rings. The van der Waals surface area contributed by atoms with E-state index in [4.69, 9.17) is 28.9 Å². The number of carbonyl (C=O) groups excluding carboxylic acids is 3. The van der Waals surface area contributed by atoms with Gasteiger partial charge < -0.3 is 16.4 Å². The zero-order chi connectivity index (χ0) is 14.0. The molecule has 0 aliphatic rings. The van der Waals surface area contributed by atoms with E-state index in [0.29, 0.717) is 25.9 Å². The molecule has 18 heavy (non-hydrogen) atoms. The molecule has 0 unspecified atom stereocenters. The Morgan fingerprint density at radius 2 is 1.33 bits per heavy atom. The largest absolute Gasteiger partial charge is 0.369 e. The average Bonchev–Trinajstić information content (AvgIpc) is 2.35. The molecule has 0 heterocycles. The normalized spacial score (nSPS) is 10.2. The minimum atomic E-state index is -0.463. The molecule has 0 bridgehead atoms. The quantitative estimate of drug-likeness (QED) is 0.504. The van der Waals surface area contributed by atoms with Crippen LogP contribution in [-0.4, -0.2) is 42.6 Å². The smallest absolute Gasteiger partial charge is 0.234 e. The minimum absolute atomic E-state index is 0.118. The summed E-state index contributed by atoms with van der Waals surface area (Å²) in [6.45, 7) is 0.644. The summed E-state index contributed by atoms with van der Waals surface area (Å²) in [5, 5.41) is 5.08. The molecule has 0 rings (SSSR count). The van der Waals surface area contributed by atoms with Gasteiger partial charge in [-0.05, 0) is 12.8 Å². The molecule has 0 atom stereocenters. The number of hydrogen-bond acceptors (Lipinski definition) is 3. The van der Waals surface area contributed by atoms with Gasteiger partial charge in [-0.15, -0.1) is 23.2 Å². The van der Waals surface area contributed by atoms with Crippen LogP contribution < -0.4 is 16.4 Å². The SMILES string of the molecule is NC(=O)C(CCNC(=O)CCl)CCNC(=O)CCl. The van der Waals surface area contributed by atoms with E-state index in [1.165, 1.54) is 0 Å². The van der Waals surface area contributed by atoms with Gasteiger partial charge in [0.25, 0.3) is 0 Å². The van der Waals surface area contributed by atoms with E-state index >= 15 is 0 Å². The molecule has 0 radical (unpaired) electrons. The highest BCUT2D eigenvalue weighted by Crippen LogP contribution is 2.06. The molecule has 0 aliphatic carbocycles. The highest BCUT2D eigenvalue weighted by atomic mass is 35.5. The second-order valence-electron chi connectivity index (χ2n) is 3.64. The van der Waals surface area contributed by atoms with E-state index in [1.54, 1.807) is 0 Å². The van der Waals surface area contributed by atoms with Gasteiger partial charge in [-0.1, -0.05) is 0 Å². The van der Waals surface area contributed by atoms with E-state index in [9.17, 15) is 14.4 Å². The Hall–Kier alpha value is -1.01. The van der Waals surface area contributed by atoms with Crippen molar-refractivity contribution in [2.45, 2.75) is 12.8 Å². The Labute approximate surface area is 116 Å². The number of rotatable bonds is 9. The maximum absolute atomic E-state index is 11.1. The summed E-state index contributed by atoms with van der Waals surface area (Å²) in [6.07, 6.45) is 0.823. The molecular formula is C10H17Cl2N3O3. The summed E-state index contributed by atoms with van der Waals surface area (Å²) < 4.78 is 0. The molecule has 0 aromatic carbocycles. The van der Waals surface area contributed by atoms with Crippen LogP contribution in [0.5, 0.6) is 0 Å². The van der Waals surface area contributed by atoms with Gasteiger partial charge in [0.2, 0.25) is 17.7 Å². The fourth-order valence-corrected chi connectivity index (χ4v) is 1.48. The van der Waals surface area contributed by atoms with Gasteiger partial charge in [0.15, 0.2) is 0 Å². The van der Waals surface area contributed by atoms with Crippen LogP contribution in [0.1, 0.15) is 12.8 Å². The number of amides is 3. The first-order valence-electron chi connectivity index (χ1n) is 5.45. The Morgan fingerprint density at radius 1 is 0.944 bits per heavy atom. The molecule has 3 amide bonds. The maximum atomic E-state index is 11.1. The molecule has 8 heteroatoms. The Bertz CT molecular complexity index is 278. The Morgan fingerprint density at radius 3 is 1.61 bits per heavy atom. The Balaban J connectivity index is 3.89. The van der Waals surface area contributed by atoms with Gasteiger partial charge in [-0.2, -0.15) is 0 Å². The van der Waals surface area contributed by atoms with Crippen molar-refractivity contribution in [1.29, 1.82) is 0 Å². The number of nitrogens with two attached hydrogens (primary N) is 1. The molecule has 0 aliphatic heterocycles. The summed E-state index contributed by atoms with van der Waals surface area (Å²) in [6, 6.07) is 0. The molecule has 104 valence electrons. The van der Waals surface area contributed by atoms with Gasteiger partial charge in [0.1, 0.15) is 11.8 Å². The molecule has 4 N–H and O–H groups in total. The molecule has 0 saturated carbocycles. The lowest BCUT2D eigenvalue weighted by Crippen LogP contribution is -2.34. The predicted molar refractivity (Wildman–Crippen MR) is 69.4 cm³/mol. The predicted octanol–water partition coefficient (Wildman–Crippen LogP) is -0.422. The summed E-state index contributed by atoms with van der Waals surface area (Å²) in [5.74, 6) is -1.70. The minimum Gasteiger partial charge on any atom is -0.369 e. The van der Waals surface area contributed by atoms with Gasteiger partial charge in [-0.3, -0.25) is 14.4 Å². The van der Waals surface area contributed by atoms with Crippen molar-refractivity contribution in [3.63, 3.8) is 0 Å². The third kappa shape index (κ3) is 8.14. The highest BCUT2D eigenvalue weighted by molar-refractivity contribution is 6.27. The molecule has 0 fully saturated rings. The van der Waals surface area contributed by atoms with Gasteiger partial charge in [0.05, 0.1) is 0 Å². The second kappa shape index (κ2) is 9.96. The van der Waals surface area contributed by atoms with Crippen molar-refractivity contribution in [3.05, 3.63) is 0 Å². The fraction of sp³-hybridized carbons (Fsp3) is 0.700. The van der Waals surface area contributed by atoms with Gasteiger partial charge in [-0.25, -0.2) is 0 Å². The summed E-state index contributed by atoms with van der Waals surface area (Å²) in [7, 11) is 0. The van der Waals surface area contributed by atoms with E-state index in [0.717, 1.165) is 0 Å². The first-order chi connectivity index (χ1) is 8.51. The molecular weight excluding hydrogens is 281 g/mol. The average molecular weight is 298 g/mol. The highest BCUT2D eigenvalue weighted by Gasteiger charge is 2.15. The van der Waals surface area contributed by atoms with Crippen LogP contribution >= 0.6 is 23.2 Å². The number of carbonyl (C=O) groups is 3. The van der Waals surface area contributed by atoms with Crippen molar-refractivity contribution >= 4 is 40.9 Å². The van der Waals surface area contributed by atoms with Crippen molar-refractivity contribution < 1.29 is 14.4 Å². The number of primary amides is 1. The zero-order valence-corrected chi connectivity index (χ0v) is 11.4. The standard InChI is InChI=1S/C10H17Cl2N3O3/c11-5-8(16)14-3-1-7(10(13)18)2-4-15-9(17)6-12/h7H,1-6H2,(H2,13,18)(H,14,16)(H,15,17). The van der Waals surface area contributed by atoms with Crippen molar-refractivity contribution in [1.82, 2.24) is 10.6 Å². The third-order valence-corrected chi connectivity index (χ3v) is 2.76. The summed E-state index contributed by atoms with van der Waals surface area (Å²) in [5.41, 5.74) is 5.22. The van der Waals surface area contributed by atoms with Crippen LogP contribution in [0.3, 0.4) is 0 Å². The molecule has 0 aromatic heterocycles. The maximum Gasteiger partial charge on any atom is 0.234 e. The molecule has 6 nitrogen and oxygen atoms in total. The first kappa shape index (κ1) is 17.0. The van der Waals surface area contributed by atoms with E-state index < -0.39 is 11.8 Å². The van der Waals surface area contributed by atoms with Crippen LogP contribution in [0.15, 0.2) is 0 Å². The fourth-order valence-electron chi connectivity index (χ4n) is 1.29. The van der Waals surface area contributed by atoms with E-state index in [1.807, 2.05) is 0 Å². The van der Waals surface area contributed by atoms with Crippen molar-refractivity contribution in [3.8, 4) is 0 Å². The summed E-state index contributed by atoms with van der Waals surface area (Å²) in [4.78, 5) is 32.9. The van der Waals surface area contributed by atoms with Crippen molar-refractivity contribution in [2.75, 3.05) is 24.8 Å². The number of halogens is 2. The van der Waals surface area contributed by atoms with Gasteiger partial charge in [0, 0.05) is 19.0 Å². The van der Waals surface area contributed by atoms with E-state index in [-0.39, 0.29) is 23.6 Å². The Kier molecular flexibility index (Phi) is 9.40. The van der Waals surface area contributed by atoms with Gasteiger partial charge >= 0.3 is 0 Å². The number of hydrogen-bond donors (Lipinski definition) is 3. The molecule has 0 spiro atoms. The van der Waals surface area contributed by atoms with E-state index in [2.05, 4.69) is 10.6 Å². The van der Waals surface area contributed by atoms with Crippen LogP contribution in [0.2, 0.25) is 0 Å². The lowest BCUT2D eigenvalue weighted by Gasteiger charge is -2.13.